The van der Waals surface area contributed by atoms with Crippen LogP contribution >= 0.6 is 23.2 Å². The molecule has 3 aromatic carbocycles. The van der Waals surface area contributed by atoms with Gasteiger partial charge in [0, 0.05) is 55.4 Å². The molecule has 2 atom stereocenters. The van der Waals surface area contributed by atoms with Gasteiger partial charge in [0.25, 0.3) is 0 Å². The lowest BCUT2D eigenvalue weighted by atomic mass is 9.80. The predicted molar refractivity (Wildman–Crippen MR) is 202 cm³/mol. The lowest BCUT2D eigenvalue weighted by Crippen LogP contribution is -2.57. The second-order valence-electron chi connectivity index (χ2n) is 13.3. The number of benzene rings is 3. The Hall–Kier alpha value is -4.36. The van der Waals surface area contributed by atoms with E-state index in [1.54, 1.807) is 90.6 Å². The van der Waals surface area contributed by atoms with Crippen molar-refractivity contribution in [3.63, 3.8) is 0 Å². The van der Waals surface area contributed by atoms with E-state index in [4.69, 9.17) is 47.1 Å². The fourth-order valence-electron chi connectivity index (χ4n) is 6.98. The van der Waals surface area contributed by atoms with Gasteiger partial charge in [-0.3, -0.25) is 14.6 Å². The number of nitrogens with zero attached hydrogens (tertiary/aromatic N) is 5. The minimum Gasteiger partial charge on any atom is -0.497 e. The van der Waals surface area contributed by atoms with Crippen molar-refractivity contribution in [1.29, 1.82) is 0 Å². The first-order valence-corrected chi connectivity index (χ1v) is 18.6. The van der Waals surface area contributed by atoms with Crippen LogP contribution in [-0.4, -0.2) is 122 Å². The first-order valence-electron chi connectivity index (χ1n) is 17.8. The number of halogens is 2. The highest BCUT2D eigenvalue weighted by Crippen LogP contribution is 2.51. The number of morpholine rings is 1. The van der Waals surface area contributed by atoms with Crippen LogP contribution in [0.5, 0.6) is 11.5 Å². The van der Waals surface area contributed by atoms with Gasteiger partial charge in [-0.2, -0.15) is 0 Å². The average molecular weight is 767 g/mol. The Morgan fingerprint density at radius 2 is 1.53 bits per heavy atom. The maximum absolute atomic E-state index is 15.2. The molecular formula is C39H45Cl2N5O7. The molecule has 0 unspecified atom stereocenters. The molecule has 3 aliphatic rings. The van der Waals surface area contributed by atoms with Crippen LogP contribution in [0.15, 0.2) is 71.7 Å². The zero-order valence-corrected chi connectivity index (χ0v) is 31.9. The third-order valence-electron chi connectivity index (χ3n) is 9.58. The lowest BCUT2D eigenvalue weighted by Gasteiger charge is -2.41. The summed E-state index contributed by atoms with van der Waals surface area (Å²) < 4.78 is 23.1. The fraction of sp³-hybridized carbons (Fsp3) is 0.436. The van der Waals surface area contributed by atoms with Gasteiger partial charge in [-0.1, -0.05) is 47.5 Å². The van der Waals surface area contributed by atoms with E-state index in [1.165, 1.54) is 0 Å². The molecule has 282 valence electrons. The molecule has 0 saturated carbocycles. The number of urea groups is 1. The van der Waals surface area contributed by atoms with Crippen molar-refractivity contribution in [1.82, 2.24) is 19.6 Å². The van der Waals surface area contributed by atoms with E-state index in [2.05, 4.69) is 4.90 Å². The molecule has 2 saturated heterocycles. The maximum Gasteiger partial charge on any atom is 0.341 e. The number of amides is 3. The second-order valence-corrected chi connectivity index (χ2v) is 14.2. The summed E-state index contributed by atoms with van der Waals surface area (Å²) in [6.07, 6.45) is -0.238. The van der Waals surface area contributed by atoms with Gasteiger partial charge < -0.3 is 28.7 Å². The number of rotatable bonds is 10. The number of aliphatic imine (C=N–C) groups is 1. The average Bonchev–Trinajstić information content (AvgIpc) is 3.52. The van der Waals surface area contributed by atoms with Crippen LogP contribution in [0.3, 0.4) is 0 Å². The first-order chi connectivity index (χ1) is 25.5. The van der Waals surface area contributed by atoms with Crippen LogP contribution in [0, 0.1) is 0 Å². The van der Waals surface area contributed by atoms with Crippen molar-refractivity contribution in [3.05, 3.63) is 93.5 Å². The molecular weight excluding hydrogens is 721 g/mol. The minimum atomic E-state index is -1.76. The van der Waals surface area contributed by atoms with E-state index in [1.807, 2.05) is 18.7 Å². The van der Waals surface area contributed by atoms with Crippen LogP contribution in [0.1, 0.15) is 43.5 Å². The smallest absolute Gasteiger partial charge is 0.341 e. The minimum absolute atomic E-state index is 0.0456. The number of carbonyl (C=O) groups excluding carboxylic acids is 3. The molecule has 3 heterocycles. The molecule has 3 amide bonds. The Bertz CT molecular complexity index is 1810. The summed E-state index contributed by atoms with van der Waals surface area (Å²) in [5.74, 6) is 0.604. The Balaban J connectivity index is 1.47. The second kappa shape index (κ2) is 16.8. The zero-order valence-electron chi connectivity index (χ0n) is 30.4. The van der Waals surface area contributed by atoms with Gasteiger partial charge in [-0.15, -0.1) is 0 Å². The molecule has 0 spiro atoms. The normalized spacial score (nSPS) is 20.7. The molecule has 3 aromatic rings. The SMILES string of the molecule is CCOC(=O)[C@@]1(c2ccc(Cl)cc2)N=C(c2ccc(OC)cc2OC(C)C)N(C(=O)N2CCN(CC(=O)N3CCOCC3)CC2)[C@@H]1c1ccc(Cl)cc1. The van der Waals surface area contributed by atoms with Crippen LogP contribution in [0.25, 0.3) is 0 Å². The number of hydrogen-bond donors (Lipinski definition) is 0. The summed E-state index contributed by atoms with van der Waals surface area (Å²) in [5, 5.41) is 0.961. The van der Waals surface area contributed by atoms with E-state index in [0.717, 1.165) is 0 Å². The van der Waals surface area contributed by atoms with E-state index >= 15 is 4.79 Å². The van der Waals surface area contributed by atoms with Crippen molar-refractivity contribution in [2.24, 2.45) is 4.99 Å². The summed E-state index contributed by atoms with van der Waals surface area (Å²) in [4.78, 5) is 55.4. The molecule has 3 aliphatic heterocycles. The van der Waals surface area contributed by atoms with Crippen molar-refractivity contribution < 1.29 is 33.3 Å². The Morgan fingerprint density at radius 1 is 0.887 bits per heavy atom. The van der Waals surface area contributed by atoms with Crippen molar-refractivity contribution in [2.45, 2.75) is 38.5 Å². The highest BCUT2D eigenvalue weighted by molar-refractivity contribution is 6.30. The van der Waals surface area contributed by atoms with Gasteiger partial charge in [0.05, 0.1) is 45.1 Å². The largest absolute Gasteiger partial charge is 0.497 e. The number of methoxy groups -OCH3 is 1. The number of amidine groups is 1. The molecule has 0 radical (unpaired) electrons. The van der Waals surface area contributed by atoms with Crippen LogP contribution in [0.2, 0.25) is 10.0 Å². The van der Waals surface area contributed by atoms with Crippen LogP contribution < -0.4 is 9.47 Å². The van der Waals surface area contributed by atoms with Crippen molar-refractivity contribution >= 4 is 46.9 Å². The predicted octanol–water partition coefficient (Wildman–Crippen LogP) is 5.65. The number of hydrogen-bond acceptors (Lipinski definition) is 9. The standard InChI is InChI=1S/C39H45Cl2N5O7/c1-5-52-37(48)39(28-8-12-30(41)13-9-28)35(27-6-10-29(40)11-7-27)46(36(42-39)32-15-14-31(50-4)24-33(32)53-26(2)3)38(49)45-18-16-43(17-19-45)25-34(47)44-20-22-51-23-21-44/h6-15,24,26,35H,5,16-23,25H2,1-4H3/t35-,39+/m1/s1. The summed E-state index contributed by atoms with van der Waals surface area (Å²) in [6.45, 7) is 9.74. The lowest BCUT2D eigenvalue weighted by molar-refractivity contribution is -0.151. The van der Waals surface area contributed by atoms with Gasteiger partial charge in [0.1, 0.15) is 23.4 Å². The monoisotopic (exact) mass is 765 g/mol. The topological polar surface area (TPSA) is 113 Å². The highest BCUT2D eigenvalue weighted by Gasteiger charge is 2.60. The van der Waals surface area contributed by atoms with E-state index in [0.29, 0.717) is 90.7 Å². The van der Waals surface area contributed by atoms with Crippen LogP contribution in [0.4, 0.5) is 4.79 Å². The Labute approximate surface area is 320 Å². The quantitative estimate of drug-likeness (QED) is 0.244. The molecule has 0 bridgehead atoms. The summed E-state index contributed by atoms with van der Waals surface area (Å²) in [5.41, 5.74) is -0.180. The fourth-order valence-corrected chi connectivity index (χ4v) is 7.23. The number of ether oxygens (including phenoxy) is 4. The third-order valence-corrected chi connectivity index (χ3v) is 10.1. The Morgan fingerprint density at radius 3 is 2.13 bits per heavy atom. The van der Waals surface area contributed by atoms with Crippen molar-refractivity contribution in [3.8, 4) is 11.5 Å². The van der Waals surface area contributed by atoms with Crippen LogP contribution in [-0.2, 0) is 24.6 Å². The van der Waals surface area contributed by atoms with E-state index in [9.17, 15) is 9.59 Å². The van der Waals surface area contributed by atoms with Crippen molar-refractivity contribution in [2.75, 3.05) is 72.7 Å². The number of carbonyl (C=O) groups is 3. The molecule has 2 fully saturated rings. The third kappa shape index (κ3) is 8.11. The van der Waals surface area contributed by atoms with Gasteiger partial charge in [0.2, 0.25) is 11.4 Å². The zero-order chi connectivity index (χ0) is 37.7. The molecule has 0 N–H and O–H groups in total. The highest BCUT2D eigenvalue weighted by atomic mass is 35.5. The van der Waals surface area contributed by atoms with Gasteiger partial charge in [-0.25, -0.2) is 14.6 Å². The molecule has 53 heavy (non-hydrogen) atoms. The molecule has 14 heteroatoms. The first kappa shape index (κ1) is 38.4. The summed E-state index contributed by atoms with van der Waals surface area (Å²) in [6, 6.07) is 17.8. The number of esters is 1. The number of piperazine rings is 1. The maximum atomic E-state index is 15.2. The van der Waals surface area contributed by atoms with Gasteiger partial charge >= 0.3 is 12.0 Å². The molecule has 0 aromatic heterocycles. The van der Waals surface area contributed by atoms with E-state index in [-0.39, 0.29) is 37.0 Å². The van der Waals surface area contributed by atoms with Gasteiger partial charge in [-0.05, 0) is 68.3 Å². The Kier molecular flexibility index (Phi) is 12.1. The van der Waals surface area contributed by atoms with Gasteiger partial charge in [0.15, 0.2) is 0 Å². The van der Waals surface area contributed by atoms with E-state index < -0.39 is 17.6 Å². The summed E-state index contributed by atoms with van der Waals surface area (Å²) >= 11 is 12.8. The molecule has 12 nitrogen and oxygen atoms in total. The molecule has 6 rings (SSSR count). The summed E-state index contributed by atoms with van der Waals surface area (Å²) in [7, 11) is 1.56. The molecule has 0 aliphatic carbocycles.